The highest BCUT2D eigenvalue weighted by Crippen LogP contribution is 2.43. The molecule has 1 aliphatic carbocycles. The topological polar surface area (TPSA) is 46.4 Å². The summed E-state index contributed by atoms with van der Waals surface area (Å²) in [5.41, 5.74) is 1.62. The summed E-state index contributed by atoms with van der Waals surface area (Å²) < 4.78 is 0. The van der Waals surface area contributed by atoms with Gasteiger partial charge in [0.2, 0.25) is 0 Å². The summed E-state index contributed by atoms with van der Waals surface area (Å²) >= 11 is 0. The van der Waals surface area contributed by atoms with Crippen molar-refractivity contribution in [3.8, 4) is 0 Å². The smallest absolute Gasteiger partial charge is 0.269 e. The maximum Gasteiger partial charge on any atom is 0.269 e. The number of nitro benzene ring substituents is 1. The van der Waals surface area contributed by atoms with Crippen LogP contribution in [0.4, 0.5) is 5.69 Å². The molecule has 1 saturated carbocycles. The van der Waals surface area contributed by atoms with Crippen molar-refractivity contribution in [2.75, 3.05) is 13.1 Å². The maximum absolute atomic E-state index is 10.9. The SMILES string of the molecule is O=[N+]([O-])c1ccc(C2(N3CCCCC3)CCCCC2)cc1. The first kappa shape index (κ1) is 14.5. The largest absolute Gasteiger partial charge is 0.294 e. The lowest BCUT2D eigenvalue weighted by atomic mass is 9.74. The number of hydrogen-bond acceptors (Lipinski definition) is 3. The Balaban J connectivity index is 1.92. The van der Waals surface area contributed by atoms with E-state index >= 15 is 0 Å². The Morgan fingerprint density at radius 3 is 2.05 bits per heavy atom. The van der Waals surface area contributed by atoms with Crippen LogP contribution in [0.5, 0.6) is 0 Å². The number of piperidine rings is 1. The molecule has 4 nitrogen and oxygen atoms in total. The first-order valence-corrected chi connectivity index (χ1v) is 8.22. The molecule has 1 aromatic rings. The van der Waals surface area contributed by atoms with Gasteiger partial charge in [0.1, 0.15) is 0 Å². The molecule has 0 unspecified atom stereocenters. The van der Waals surface area contributed by atoms with Crippen LogP contribution in [0.15, 0.2) is 24.3 Å². The number of benzene rings is 1. The second kappa shape index (κ2) is 6.14. The average molecular weight is 288 g/mol. The van der Waals surface area contributed by atoms with E-state index in [2.05, 4.69) is 4.90 Å². The monoisotopic (exact) mass is 288 g/mol. The van der Waals surface area contributed by atoms with Gasteiger partial charge < -0.3 is 0 Å². The summed E-state index contributed by atoms with van der Waals surface area (Å²) in [7, 11) is 0. The van der Waals surface area contributed by atoms with Crippen molar-refractivity contribution >= 4 is 5.69 Å². The van der Waals surface area contributed by atoms with Gasteiger partial charge in [-0.05, 0) is 44.3 Å². The summed E-state index contributed by atoms with van der Waals surface area (Å²) in [6, 6.07) is 7.35. The average Bonchev–Trinajstić information content (AvgIpc) is 2.56. The molecule has 0 aromatic heterocycles. The molecule has 21 heavy (non-hydrogen) atoms. The minimum Gasteiger partial charge on any atom is -0.294 e. The molecule has 0 spiro atoms. The number of nitrogens with zero attached hydrogens (tertiary/aromatic N) is 2. The molecule has 4 heteroatoms. The van der Waals surface area contributed by atoms with Crippen molar-refractivity contribution in [3.63, 3.8) is 0 Å². The third-order valence-corrected chi connectivity index (χ3v) is 5.26. The van der Waals surface area contributed by atoms with Crippen LogP contribution in [-0.2, 0) is 5.54 Å². The van der Waals surface area contributed by atoms with E-state index in [0.717, 1.165) is 0 Å². The molecular formula is C17H24N2O2. The summed E-state index contributed by atoms with van der Waals surface area (Å²) in [5, 5.41) is 10.9. The lowest BCUT2D eigenvalue weighted by Gasteiger charge is -2.48. The lowest BCUT2D eigenvalue weighted by molar-refractivity contribution is -0.384. The number of hydrogen-bond donors (Lipinski definition) is 0. The highest BCUT2D eigenvalue weighted by molar-refractivity contribution is 5.36. The molecule has 3 rings (SSSR count). The number of rotatable bonds is 3. The van der Waals surface area contributed by atoms with Gasteiger partial charge in [0.05, 0.1) is 4.92 Å². The van der Waals surface area contributed by atoms with Crippen LogP contribution < -0.4 is 0 Å². The molecule has 1 aliphatic heterocycles. The predicted molar refractivity (Wildman–Crippen MR) is 83.3 cm³/mol. The molecule has 0 bridgehead atoms. The van der Waals surface area contributed by atoms with E-state index in [0.29, 0.717) is 0 Å². The molecule has 0 radical (unpaired) electrons. The fraction of sp³-hybridized carbons (Fsp3) is 0.647. The Morgan fingerprint density at radius 2 is 1.48 bits per heavy atom. The van der Waals surface area contributed by atoms with Crippen LogP contribution in [-0.4, -0.2) is 22.9 Å². The van der Waals surface area contributed by atoms with Crippen molar-refractivity contribution < 1.29 is 4.92 Å². The Hall–Kier alpha value is -1.42. The molecule has 114 valence electrons. The van der Waals surface area contributed by atoms with E-state index in [-0.39, 0.29) is 16.1 Å². The first-order valence-electron chi connectivity index (χ1n) is 8.22. The van der Waals surface area contributed by atoms with E-state index in [9.17, 15) is 10.1 Å². The Kier molecular flexibility index (Phi) is 4.24. The first-order chi connectivity index (χ1) is 10.2. The van der Waals surface area contributed by atoms with E-state index in [4.69, 9.17) is 0 Å². The van der Waals surface area contributed by atoms with Gasteiger partial charge in [-0.15, -0.1) is 0 Å². The number of nitro groups is 1. The standard InChI is InChI=1S/C17H24N2O2/c20-19(21)16-9-7-15(8-10-16)17(11-3-1-4-12-17)18-13-5-2-6-14-18/h7-10H,1-6,11-14H2. The molecule has 1 aromatic carbocycles. The number of non-ortho nitro benzene ring substituents is 1. The lowest BCUT2D eigenvalue weighted by Crippen LogP contribution is -2.49. The molecule has 0 atom stereocenters. The van der Waals surface area contributed by atoms with Gasteiger partial charge in [-0.1, -0.05) is 37.8 Å². The molecule has 1 heterocycles. The Bertz CT molecular complexity index is 486. The van der Waals surface area contributed by atoms with Crippen LogP contribution in [0, 0.1) is 10.1 Å². The minimum atomic E-state index is -0.307. The zero-order valence-electron chi connectivity index (χ0n) is 12.6. The molecule has 1 saturated heterocycles. The van der Waals surface area contributed by atoms with Crippen molar-refractivity contribution in [2.45, 2.75) is 56.9 Å². The van der Waals surface area contributed by atoms with E-state index in [1.165, 1.54) is 70.0 Å². The summed E-state index contributed by atoms with van der Waals surface area (Å²) in [5.74, 6) is 0. The molecule has 2 fully saturated rings. The van der Waals surface area contributed by atoms with Crippen LogP contribution >= 0.6 is 0 Å². The van der Waals surface area contributed by atoms with Crippen LogP contribution in [0.2, 0.25) is 0 Å². The quantitative estimate of drug-likeness (QED) is 0.617. The third-order valence-electron chi connectivity index (χ3n) is 5.26. The van der Waals surface area contributed by atoms with Gasteiger partial charge in [0, 0.05) is 17.7 Å². The Labute approximate surface area is 126 Å². The fourth-order valence-corrected chi connectivity index (χ4v) is 4.14. The van der Waals surface area contributed by atoms with E-state index < -0.39 is 0 Å². The fourth-order valence-electron chi connectivity index (χ4n) is 4.14. The Morgan fingerprint density at radius 1 is 0.905 bits per heavy atom. The van der Waals surface area contributed by atoms with Crippen LogP contribution in [0.3, 0.4) is 0 Å². The molecule has 2 aliphatic rings. The minimum absolute atomic E-state index is 0.133. The van der Waals surface area contributed by atoms with Gasteiger partial charge >= 0.3 is 0 Å². The summed E-state index contributed by atoms with van der Waals surface area (Å²) in [6.45, 7) is 2.36. The number of likely N-dealkylation sites (tertiary alicyclic amines) is 1. The highest BCUT2D eigenvalue weighted by atomic mass is 16.6. The van der Waals surface area contributed by atoms with Gasteiger partial charge in [-0.25, -0.2) is 0 Å². The summed E-state index contributed by atoms with van der Waals surface area (Å²) in [6.07, 6.45) is 10.2. The normalized spacial score (nSPS) is 22.9. The van der Waals surface area contributed by atoms with E-state index in [1.54, 1.807) is 12.1 Å². The second-order valence-corrected chi connectivity index (χ2v) is 6.44. The molecule has 0 N–H and O–H groups in total. The molecular weight excluding hydrogens is 264 g/mol. The maximum atomic E-state index is 10.9. The van der Waals surface area contributed by atoms with Crippen LogP contribution in [0.25, 0.3) is 0 Å². The zero-order valence-corrected chi connectivity index (χ0v) is 12.6. The molecule has 0 amide bonds. The van der Waals surface area contributed by atoms with Gasteiger partial charge in [-0.2, -0.15) is 0 Å². The van der Waals surface area contributed by atoms with E-state index in [1.807, 2.05) is 12.1 Å². The van der Waals surface area contributed by atoms with Gasteiger partial charge in [-0.3, -0.25) is 15.0 Å². The second-order valence-electron chi connectivity index (χ2n) is 6.44. The van der Waals surface area contributed by atoms with Crippen molar-refractivity contribution in [1.29, 1.82) is 0 Å². The highest BCUT2D eigenvalue weighted by Gasteiger charge is 2.39. The van der Waals surface area contributed by atoms with Crippen LogP contribution in [0.1, 0.15) is 56.9 Å². The third kappa shape index (κ3) is 2.82. The zero-order chi connectivity index (χ0) is 14.7. The van der Waals surface area contributed by atoms with Crippen molar-refractivity contribution in [1.82, 2.24) is 4.90 Å². The van der Waals surface area contributed by atoms with Crippen molar-refractivity contribution in [2.24, 2.45) is 0 Å². The van der Waals surface area contributed by atoms with Gasteiger partial charge in [0.25, 0.3) is 5.69 Å². The van der Waals surface area contributed by atoms with Crippen molar-refractivity contribution in [3.05, 3.63) is 39.9 Å². The predicted octanol–water partition coefficient (Wildman–Crippen LogP) is 4.24. The summed E-state index contributed by atoms with van der Waals surface area (Å²) in [4.78, 5) is 13.2. The van der Waals surface area contributed by atoms with Gasteiger partial charge in [0.15, 0.2) is 0 Å².